The quantitative estimate of drug-likeness (QED) is 0.650. The molecule has 1 fully saturated rings. The van der Waals surface area contributed by atoms with Gasteiger partial charge in [-0.2, -0.15) is 18.3 Å². The van der Waals surface area contributed by atoms with Gasteiger partial charge in [-0.15, -0.1) is 0 Å². The summed E-state index contributed by atoms with van der Waals surface area (Å²) in [6.45, 7) is 1.75. The summed E-state index contributed by atoms with van der Waals surface area (Å²) in [4.78, 5) is 29.1. The molecule has 1 aromatic carbocycles. The number of fused-ring (bicyclic) bond motifs is 1. The first-order chi connectivity index (χ1) is 14.7. The van der Waals surface area contributed by atoms with E-state index in [4.69, 9.17) is 0 Å². The number of nitrogens with zero attached hydrogens (tertiary/aromatic N) is 3. The maximum Gasteiger partial charge on any atom is 0.408 e. The van der Waals surface area contributed by atoms with Crippen LogP contribution in [0.2, 0.25) is 0 Å². The Balaban J connectivity index is 1.72. The summed E-state index contributed by atoms with van der Waals surface area (Å²) in [7, 11) is 1.52. The first-order valence-electron chi connectivity index (χ1n) is 9.74. The van der Waals surface area contributed by atoms with Crippen LogP contribution in [0.3, 0.4) is 0 Å². The minimum Gasteiger partial charge on any atom is -0.355 e. The molecular formula is C21H20F3N5O2. The molecule has 4 rings (SSSR count). The van der Waals surface area contributed by atoms with Crippen LogP contribution in [0.1, 0.15) is 39.3 Å². The second kappa shape index (κ2) is 7.68. The summed E-state index contributed by atoms with van der Waals surface area (Å²) < 4.78 is 41.4. The Morgan fingerprint density at radius 3 is 2.58 bits per heavy atom. The number of benzene rings is 1. The lowest BCUT2D eigenvalue weighted by Gasteiger charge is -2.20. The zero-order valence-electron chi connectivity index (χ0n) is 16.8. The van der Waals surface area contributed by atoms with Gasteiger partial charge in [-0.1, -0.05) is 12.1 Å². The number of aromatic nitrogens is 3. The third-order valence-electron chi connectivity index (χ3n) is 5.27. The molecule has 1 unspecified atom stereocenters. The van der Waals surface area contributed by atoms with Crippen LogP contribution in [-0.4, -0.2) is 45.7 Å². The molecule has 162 valence electrons. The van der Waals surface area contributed by atoms with E-state index in [0.717, 1.165) is 0 Å². The fourth-order valence-corrected chi connectivity index (χ4v) is 3.50. The van der Waals surface area contributed by atoms with Gasteiger partial charge in [0.1, 0.15) is 11.6 Å². The number of alkyl halides is 3. The largest absolute Gasteiger partial charge is 0.408 e. The molecular weight excluding hydrogens is 411 g/mol. The summed E-state index contributed by atoms with van der Waals surface area (Å²) in [5, 5.41) is 8.77. The predicted molar refractivity (Wildman–Crippen MR) is 107 cm³/mol. The maximum atomic E-state index is 13.3. The van der Waals surface area contributed by atoms with E-state index in [1.807, 2.05) is 0 Å². The highest BCUT2D eigenvalue weighted by atomic mass is 19.4. The minimum absolute atomic E-state index is 0.0395. The van der Waals surface area contributed by atoms with E-state index in [1.54, 1.807) is 37.3 Å². The number of carbonyl (C=O) groups is 2. The monoisotopic (exact) mass is 431 g/mol. The summed E-state index contributed by atoms with van der Waals surface area (Å²) >= 11 is 0. The SMILES string of the molecule is CNC(=O)c1cccc(-c2cc(C)n3ncc(C(=O)NC(C4CC4)C(F)(F)F)c3n2)c1. The summed E-state index contributed by atoms with van der Waals surface area (Å²) in [6, 6.07) is 6.61. The van der Waals surface area contributed by atoms with Crippen molar-refractivity contribution in [2.24, 2.45) is 5.92 Å². The van der Waals surface area contributed by atoms with Gasteiger partial charge in [0, 0.05) is 23.9 Å². The molecule has 0 bridgehead atoms. The zero-order chi connectivity index (χ0) is 22.3. The summed E-state index contributed by atoms with van der Waals surface area (Å²) in [5.74, 6) is -1.72. The smallest absolute Gasteiger partial charge is 0.355 e. The van der Waals surface area contributed by atoms with Crippen LogP contribution in [0, 0.1) is 12.8 Å². The second-order valence-electron chi connectivity index (χ2n) is 7.57. The number of carbonyl (C=O) groups excluding carboxylic acids is 2. The molecule has 1 saturated carbocycles. The zero-order valence-corrected chi connectivity index (χ0v) is 16.8. The van der Waals surface area contributed by atoms with Gasteiger partial charge in [0.25, 0.3) is 11.8 Å². The lowest BCUT2D eigenvalue weighted by molar-refractivity contribution is -0.158. The highest BCUT2D eigenvalue weighted by molar-refractivity contribution is 6.00. The van der Waals surface area contributed by atoms with Crippen LogP contribution in [0.15, 0.2) is 36.5 Å². The topological polar surface area (TPSA) is 88.4 Å². The van der Waals surface area contributed by atoms with Crippen LogP contribution in [0.25, 0.3) is 16.9 Å². The first-order valence-corrected chi connectivity index (χ1v) is 9.74. The molecule has 0 radical (unpaired) electrons. The molecule has 10 heteroatoms. The van der Waals surface area contributed by atoms with Gasteiger partial charge in [-0.05, 0) is 43.9 Å². The average molecular weight is 431 g/mol. The average Bonchev–Trinajstić information content (AvgIpc) is 3.48. The second-order valence-corrected chi connectivity index (χ2v) is 7.57. The van der Waals surface area contributed by atoms with Gasteiger partial charge in [-0.25, -0.2) is 9.50 Å². The molecule has 0 saturated heterocycles. The van der Waals surface area contributed by atoms with E-state index in [9.17, 15) is 22.8 Å². The van der Waals surface area contributed by atoms with Gasteiger partial charge in [0.05, 0.1) is 11.9 Å². The van der Waals surface area contributed by atoms with Crippen molar-refractivity contribution >= 4 is 17.5 Å². The van der Waals surface area contributed by atoms with Crippen LogP contribution in [0.5, 0.6) is 0 Å². The Kier molecular flexibility index (Phi) is 5.16. The van der Waals surface area contributed by atoms with Crippen molar-refractivity contribution in [3.8, 4) is 11.3 Å². The van der Waals surface area contributed by atoms with Gasteiger partial charge in [0.2, 0.25) is 0 Å². The van der Waals surface area contributed by atoms with Crippen LogP contribution < -0.4 is 10.6 Å². The number of amides is 2. The van der Waals surface area contributed by atoms with Crippen molar-refractivity contribution in [2.75, 3.05) is 7.05 Å². The van der Waals surface area contributed by atoms with Crippen molar-refractivity contribution in [1.82, 2.24) is 25.2 Å². The molecule has 1 atom stereocenters. The Labute approximate surface area is 175 Å². The maximum absolute atomic E-state index is 13.3. The number of hydrogen-bond donors (Lipinski definition) is 2. The standard InChI is InChI=1S/C21H20F3N5O2/c1-11-8-16(13-4-3-5-14(9-13)19(30)25-2)27-18-15(10-26-29(11)18)20(31)28-17(12-6-7-12)21(22,23)24/h3-5,8-10,12,17H,6-7H2,1-2H3,(H,25,30)(H,28,31). The molecule has 1 aliphatic carbocycles. The highest BCUT2D eigenvalue weighted by Gasteiger charge is 2.49. The number of nitrogens with one attached hydrogen (secondary N) is 2. The third-order valence-corrected chi connectivity index (χ3v) is 5.27. The lowest BCUT2D eigenvalue weighted by atomic mass is 10.1. The van der Waals surface area contributed by atoms with Crippen LogP contribution >= 0.6 is 0 Å². The number of hydrogen-bond acceptors (Lipinski definition) is 4. The molecule has 2 heterocycles. The van der Waals surface area contributed by atoms with Crippen molar-refractivity contribution in [3.63, 3.8) is 0 Å². The van der Waals surface area contributed by atoms with E-state index in [0.29, 0.717) is 35.4 Å². The van der Waals surface area contributed by atoms with E-state index in [2.05, 4.69) is 20.7 Å². The fraction of sp³-hybridized carbons (Fsp3) is 0.333. The lowest BCUT2D eigenvalue weighted by Crippen LogP contribution is -2.46. The van der Waals surface area contributed by atoms with Crippen molar-refractivity contribution in [1.29, 1.82) is 0 Å². The van der Waals surface area contributed by atoms with E-state index < -0.39 is 24.0 Å². The molecule has 2 N–H and O–H groups in total. The van der Waals surface area contributed by atoms with Crippen molar-refractivity contribution in [2.45, 2.75) is 32.0 Å². The van der Waals surface area contributed by atoms with Gasteiger partial charge in [0.15, 0.2) is 5.65 Å². The Hall–Kier alpha value is -3.43. The van der Waals surface area contributed by atoms with Gasteiger partial charge in [-0.3, -0.25) is 9.59 Å². The summed E-state index contributed by atoms with van der Waals surface area (Å²) in [6.07, 6.45) is -2.44. The van der Waals surface area contributed by atoms with Gasteiger partial charge >= 0.3 is 6.18 Å². The molecule has 2 amide bonds. The fourth-order valence-electron chi connectivity index (χ4n) is 3.50. The molecule has 7 nitrogen and oxygen atoms in total. The van der Waals surface area contributed by atoms with Crippen LogP contribution in [-0.2, 0) is 0 Å². The first kappa shape index (κ1) is 20.8. The Morgan fingerprint density at radius 1 is 1.19 bits per heavy atom. The highest BCUT2D eigenvalue weighted by Crippen LogP contribution is 2.40. The molecule has 0 spiro atoms. The van der Waals surface area contributed by atoms with E-state index >= 15 is 0 Å². The number of rotatable bonds is 5. The molecule has 3 aromatic rings. The van der Waals surface area contributed by atoms with Crippen molar-refractivity contribution < 1.29 is 22.8 Å². The Morgan fingerprint density at radius 2 is 1.94 bits per heavy atom. The normalized spacial score (nSPS) is 15.0. The molecule has 31 heavy (non-hydrogen) atoms. The minimum atomic E-state index is -4.52. The molecule has 1 aliphatic rings. The Bertz CT molecular complexity index is 1170. The van der Waals surface area contributed by atoms with Crippen LogP contribution in [0.4, 0.5) is 13.2 Å². The molecule has 0 aliphatic heterocycles. The number of aryl methyl sites for hydroxylation is 1. The van der Waals surface area contributed by atoms with E-state index in [-0.39, 0.29) is 17.1 Å². The summed E-state index contributed by atoms with van der Waals surface area (Å²) in [5.41, 5.74) is 2.28. The van der Waals surface area contributed by atoms with Gasteiger partial charge < -0.3 is 10.6 Å². The number of halogens is 3. The van der Waals surface area contributed by atoms with E-state index in [1.165, 1.54) is 17.8 Å². The third kappa shape index (κ3) is 4.10. The predicted octanol–water partition coefficient (Wildman–Crippen LogP) is 3.14. The van der Waals surface area contributed by atoms with Crippen molar-refractivity contribution in [3.05, 3.63) is 53.3 Å². The molecule has 2 aromatic heterocycles.